The topological polar surface area (TPSA) is 121 Å². The Kier molecular flexibility index (Phi) is 6.68. The fourth-order valence-corrected chi connectivity index (χ4v) is 4.55. The number of amides is 5. The van der Waals surface area contributed by atoms with Gasteiger partial charge in [0.05, 0.1) is 16.3 Å². The minimum Gasteiger partial charge on any atom is -0.274 e. The SMILES string of the molecule is CC(=O)NS(=O)(=O)c1ccc(N2C(=O)/C(=C\c3ccc(F)cc3F)C(=O)N(c3ccccc3)C2=O)cc1. The Morgan fingerprint density at radius 2 is 1.41 bits per heavy atom. The molecule has 0 aliphatic carbocycles. The molecule has 0 atom stereocenters. The second-order valence-corrected chi connectivity index (χ2v) is 9.46. The molecular formula is C25H17F2N3O6S. The third kappa shape index (κ3) is 5.00. The molecule has 1 heterocycles. The molecule has 1 N–H and O–H groups in total. The van der Waals surface area contributed by atoms with Gasteiger partial charge in [0.15, 0.2) is 0 Å². The first kappa shape index (κ1) is 25.4. The number of carbonyl (C=O) groups excluding carboxylic acids is 4. The summed E-state index contributed by atoms with van der Waals surface area (Å²) in [4.78, 5) is 52.2. The van der Waals surface area contributed by atoms with Crippen molar-refractivity contribution in [3.63, 3.8) is 0 Å². The Bertz CT molecular complexity index is 1570. The standard InChI is InChI=1S/C25H17F2N3O6S/c1-15(31)28-37(35,36)20-11-9-19(10-12-20)30-24(33)21(13-16-7-8-17(26)14-22(16)27)23(32)29(25(30)34)18-5-3-2-4-6-18/h2-14H,1H3,(H,28,31)/b21-13-. The van der Waals surface area contributed by atoms with E-state index in [-0.39, 0.29) is 21.8 Å². The molecule has 3 aromatic carbocycles. The summed E-state index contributed by atoms with van der Waals surface area (Å²) in [5.41, 5.74) is -0.845. The highest BCUT2D eigenvalue weighted by Crippen LogP contribution is 2.30. The van der Waals surface area contributed by atoms with Gasteiger partial charge in [0.25, 0.3) is 21.8 Å². The monoisotopic (exact) mass is 525 g/mol. The van der Waals surface area contributed by atoms with E-state index in [0.717, 1.165) is 49.4 Å². The van der Waals surface area contributed by atoms with E-state index in [9.17, 15) is 36.4 Å². The van der Waals surface area contributed by atoms with E-state index in [1.807, 2.05) is 0 Å². The molecule has 1 fully saturated rings. The first-order chi connectivity index (χ1) is 17.5. The van der Waals surface area contributed by atoms with Crippen LogP contribution in [0.25, 0.3) is 6.08 Å². The molecule has 1 saturated heterocycles. The third-order valence-corrected chi connectivity index (χ3v) is 6.66. The number of para-hydroxylation sites is 1. The number of urea groups is 1. The number of halogens is 2. The normalized spacial score (nSPS) is 15.3. The van der Waals surface area contributed by atoms with Crippen LogP contribution in [0.5, 0.6) is 0 Å². The summed E-state index contributed by atoms with van der Waals surface area (Å²) in [5, 5.41) is 0. The number of hydrogen-bond donors (Lipinski definition) is 1. The molecule has 5 amide bonds. The molecule has 0 unspecified atom stereocenters. The van der Waals surface area contributed by atoms with Gasteiger partial charge in [-0.2, -0.15) is 0 Å². The molecule has 0 radical (unpaired) electrons. The third-order valence-electron chi connectivity index (χ3n) is 5.21. The van der Waals surface area contributed by atoms with Crippen molar-refractivity contribution >= 4 is 51.2 Å². The fourth-order valence-electron chi connectivity index (χ4n) is 3.56. The van der Waals surface area contributed by atoms with Crippen LogP contribution in [0, 0.1) is 11.6 Å². The van der Waals surface area contributed by atoms with Crippen molar-refractivity contribution < 1.29 is 36.4 Å². The van der Waals surface area contributed by atoms with E-state index in [1.165, 1.54) is 12.1 Å². The van der Waals surface area contributed by atoms with Gasteiger partial charge in [0.1, 0.15) is 17.2 Å². The molecule has 0 aromatic heterocycles. The van der Waals surface area contributed by atoms with Crippen molar-refractivity contribution in [1.82, 2.24) is 4.72 Å². The average molecular weight is 525 g/mol. The van der Waals surface area contributed by atoms with Crippen LogP contribution in [0.3, 0.4) is 0 Å². The Hall–Kier alpha value is -4.71. The van der Waals surface area contributed by atoms with Crippen molar-refractivity contribution in [3.8, 4) is 0 Å². The van der Waals surface area contributed by atoms with Gasteiger partial charge in [0.2, 0.25) is 5.91 Å². The van der Waals surface area contributed by atoms with Crippen LogP contribution in [0.2, 0.25) is 0 Å². The summed E-state index contributed by atoms with van der Waals surface area (Å²) in [6.45, 7) is 1.02. The number of carbonyl (C=O) groups is 4. The molecule has 0 saturated carbocycles. The summed E-state index contributed by atoms with van der Waals surface area (Å²) in [5.74, 6) is -4.85. The van der Waals surface area contributed by atoms with Crippen LogP contribution in [0.1, 0.15) is 12.5 Å². The summed E-state index contributed by atoms with van der Waals surface area (Å²) < 4.78 is 54.0. The first-order valence-corrected chi connectivity index (χ1v) is 12.1. The lowest BCUT2D eigenvalue weighted by atomic mass is 10.0. The highest BCUT2D eigenvalue weighted by atomic mass is 32.2. The molecule has 12 heteroatoms. The molecule has 37 heavy (non-hydrogen) atoms. The van der Waals surface area contributed by atoms with E-state index in [0.29, 0.717) is 15.9 Å². The van der Waals surface area contributed by atoms with Gasteiger partial charge in [-0.05, 0) is 54.6 Å². The predicted molar refractivity (Wildman–Crippen MR) is 129 cm³/mol. The minimum absolute atomic E-state index is 0.101. The number of sulfonamides is 1. The first-order valence-electron chi connectivity index (χ1n) is 10.6. The largest absolute Gasteiger partial charge is 0.343 e. The molecule has 0 spiro atoms. The lowest BCUT2D eigenvalue weighted by Crippen LogP contribution is -2.57. The highest BCUT2D eigenvalue weighted by Gasteiger charge is 2.43. The van der Waals surface area contributed by atoms with Crippen LogP contribution < -0.4 is 14.5 Å². The van der Waals surface area contributed by atoms with Gasteiger partial charge in [-0.3, -0.25) is 14.4 Å². The van der Waals surface area contributed by atoms with E-state index < -0.39 is 51.0 Å². The van der Waals surface area contributed by atoms with Crippen LogP contribution in [0.4, 0.5) is 25.0 Å². The number of imide groups is 2. The minimum atomic E-state index is -4.19. The van der Waals surface area contributed by atoms with Crippen molar-refractivity contribution in [2.45, 2.75) is 11.8 Å². The van der Waals surface area contributed by atoms with Gasteiger partial charge in [-0.1, -0.05) is 18.2 Å². The predicted octanol–water partition coefficient (Wildman–Crippen LogP) is 3.37. The van der Waals surface area contributed by atoms with Crippen molar-refractivity contribution in [2.75, 3.05) is 9.80 Å². The molecule has 9 nitrogen and oxygen atoms in total. The van der Waals surface area contributed by atoms with Crippen molar-refractivity contribution in [3.05, 3.63) is 95.6 Å². The number of anilines is 2. The summed E-state index contributed by atoms with van der Waals surface area (Å²) in [7, 11) is -4.19. The van der Waals surface area contributed by atoms with E-state index >= 15 is 0 Å². The van der Waals surface area contributed by atoms with Crippen LogP contribution in [-0.4, -0.2) is 32.2 Å². The number of benzene rings is 3. The summed E-state index contributed by atoms with van der Waals surface area (Å²) in [6, 6.07) is 13.6. The zero-order chi connectivity index (χ0) is 26.9. The number of barbiturate groups is 1. The van der Waals surface area contributed by atoms with E-state index in [2.05, 4.69) is 0 Å². The number of hydrogen-bond acceptors (Lipinski definition) is 6. The second-order valence-electron chi connectivity index (χ2n) is 7.78. The average Bonchev–Trinajstić information content (AvgIpc) is 2.83. The molecule has 188 valence electrons. The van der Waals surface area contributed by atoms with Gasteiger partial charge < -0.3 is 0 Å². The summed E-state index contributed by atoms with van der Waals surface area (Å²) in [6.07, 6.45) is 0.907. The van der Waals surface area contributed by atoms with Crippen LogP contribution in [0.15, 0.2) is 83.3 Å². The smallest absolute Gasteiger partial charge is 0.274 e. The van der Waals surface area contributed by atoms with E-state index in [4.69, 9.17) is 0 Å². The van der Waals surface area contributed by atoms with Gasteiger partial charge in [0, 0.05) is 18.6 Å². The van der Waals surface area contributed by atoms with Crippen molar-refractivity contribution in [1.29, 1.82) is 0 Å². The zero-order valence-electron chi connectivity index (χ0n) is 19.0. The molecule has 4 rings (SSSR count). The van der Waals surface area contributed by atoms with Gasteiger partial charge in [-0.15, -0.1) is 0 Å². The Morgan fingerprint density at radius 3 is 1.95 bits per heavy atom. The van der Waals surface area contributed by atoms with Crippen LogP contribution in [-0.2, 0) is 24.4 Å². The molecular weight excluding hydrogens is 508 g/mol. The van der Waals surface area contributed by atoms with Crippen LogP contribution >= 0.6 is 0 Å². The Labute approximate surface area is 209 Å². The number of rotatable bonds is 5. The molecule has 0 bridgehead atoms. The Balaban J connectivity index is 1.83. The lowest BCUT2D eigenvalue weighted by molar-refractivity contribution is -0.121. The summed E-state index contributed by atoms with van der Waals surface area (Å²) >= 11 is 0. The maximum absolute atomic E-state index is 14.3. The molecule has 1 aliphatic heterocycles. The highest BCUT2D eigenvalue weighted by molar-refractivity contribution is 7.90. The van der Waals surface area contributed by atoms with E-state index in [1.54, 1.807) is 22.9 Å². The molecule has 3 aromatic rings. The maximum Gasteiger partial charge on any atom is 0.343 e. The number of nitrogens with one attached hydrogen (secondary N) is 1. The quantitative estimate of drug-likeness (QED) is 0.403. The lowest BCUT2D eigenvalue weighted by Gasteiger charge is -2.34. The molecule has 1 aliphatic rings. The number of nitrogens with zero attached hydrogens (tertiary/aromatic N) is 2. The van der Waals surface area contributed by atoms with Crippen molar-refractivity contribution in [2.24, 2.45) is 0 Å². The zero-order valence-corrected chi connectivity index (χ0v) is 19.8. The maximum atomic E-state index is 14.3. The Morgan fingerprint density at radius 1 is 0.838 bits per heavy atom. The second kappa shape index (κ2) is 9.74. The van der Waals surface area contributed by atoms with Gasteiger partial charge >= 0.3 is 6.03 Å². The fraction of sp³-hybridized carbons (Fsp3) is 0.0400. The van der Waals surface area contributed by atoms with Gasteiger partial charge in [-0.25, -0.2) is 36.5 Å².